The second-order valence-electron chi connectivity index (χ2n) is 5.76. The Labute approximate surface area is 148 Å². The average Bonchev–Trinajstić information content (AvgIpc) is 3.18. The summed E-state index contributed by atoms with van der Waals surface area (Å²) in [6.07, 6.45) is 5.70. The van der Waals surface area contributed by atoms with Crippen molar-refractivity contribution >= 4 is 39.0 Å². The molecule has 24 heavy (non-hydrogen) atoms. The highest BCUT2D eigenvalue weighted by molar-refractivity contribution is 7.99. The number of ether oxygens (including phenoxy) is 1. The zero-order chi connectivity index (χ0) is 16.7. The molecule has 4 nitrogen and oxygen atoms in total. The van der Waals surface area contributed by atoms with Crippen molar-refractivity contribution in [3.63, 3.8) is 0 Å². The van der Waals surface area contributed by atoms with Gasteiger partial charge in [-0.05, 0) is 38.2 Å². The van der Waals surface area contributed by atoms with Crippen LogP contribution in [0.3, 0.4) is 0 Å². The van der Waals surface area contributed by atoms with Crippen LogP contribution in [0.5, 0.6) is 5.75 Å². The number of hydrogen-bond acceptors (Lipinski definition) is 6. The minimum atomic E-state index is -0.0157. The van der Waals surface area contributed by atoms with Gasteiger partial charge in [-0.1, -0.05) is 5.16 Å². The van der Waals surface area contributed by atoms with Crippen molar-refractivity contribution in [1.29, 1.82) is 0 Å². The van der Waals surface area contributed by atoms with E-state index in [1.165, 1.54) is 0 Å². The molecule has 124 valence electrons. The zero-order valence-electron chi connectivity index (χ0n) is 13.5. The molecule has 2 heterocycles. The highest BCUT2D eigenvalue weighted by Crippen LogP contribution is 2.44. The third-order valence-corrected chi connectivity index (χ3v) is 5.96. The van der Waals surface area contributed by atoms with E-state index in [1.807, 2.05) is 30.7 Å². The number of ketones is 1. The summed E-state index contributed by atoms with van der Waals surface area (Å²) in [6.45, 7) is 2.58. The molecular weight excluding hydrogens is 342 g/mol. The zero-order valence-corrected chi connectivity index (χ0v) is 15.1. The van der Waals surface area contributed by atoms with Gasteiger partial charge in [-0.25, -0.2) is 0 Å². The molecule has 0 bridgehead atoms. The van der Waals surface area contributed by atoms with Gasteiger partial charge in [0.1, 0.15) is 5.75 Å². The Kier molecular flexibility index (Phi) is 4.10. The Balaban J connectivity index is 1.85. The van der Waals surface area contributed by atoms with E-state index >= 15 is 0 Å². The Hall–Kier alpha value is -1.79. The van der Waals surface area contributed by atoms with Crippen molar-refractivity contribution < 1.29 is 14.1 Å². The minimum absolute atomic E-state index is 0.0157. The molecule has 0 spiro atoms. The van der Waals surface area contributed by atoms with Gasteiger partial charge in [-0.3, -0.25) is 4.79 Å². The van der Waals surface area contributed by atoms with Gasteiger partial charge >= 0.3 is 0 Å². The molecule has 4 rings (SSSR count). The van der Waals surface area contributed by atoms with Gasteiger partial charge in [0, 0.05) is 31.8 Å². The summed E-state index contributed by atoms with van der Waals surface area (Å²) in [5.41, 5.74) is 1.29. The van der Waals surface area contributed by atoms with E-state index in [1.54, 1.807) is 29.3 Å². The third kappa shape index (κ3) is 2.54. The SMILES string of the molecule is CCOc1csc2ccc(C(=O)c3cnoc3C3CC3)c(SC)c12. The second kappa shape index (κ2) is 6.26. The number of rotatable bonds is 6. The number of fused-ring (bicyclic) bond motifs is 1. The summed E-state index contributed by atoms with van der Waals surface area (Å²) in [5, 5.41) is 6.90. The number of thiophene rings is 1. The van der Waals surface area contributed by atoms with Crippen molar-refractivity contribution in [3.8, 4) is 5.75 Å². The highest BCUT2D eigenvalue weighted by Gasteiger charge is 2.33. The number of hydrogen-bond donors (Lipinski definition) is 0. The van der Waals surface area contributed by atoms with Crippen molar-refractivity contribution in [1.82, 2.24) is 5.16 Å². The van der Waals surface area contributed by atoms with E-state index in [-0.39, 0.29) is 5.78 Å². The third-order valence-electron chi connectivity index (χ3n) is 4.20. The number of carbonyl (C=O) groups excluding carboxylic acids is 1. The van der Waals surface area contributed by atoms with Crippen molar-refractivity contribution in [2.45, 2.75) is 30.6 Å². The molecule has 6 heteroatoms. The van der Waals surface area contributed by atoms with Crippen LogP contribution in [0, 0.1) is 0 Å². The maximum Gasteiger partial charge on any atom is 0.199 e. The molecule has 0 aliphatic heterocycles. The van der Waals surface area contributed by atoms with Crippen LogP contribution in [0.2, 0.25) is 0 Å². The van der Waals surface area contributed by atoms with Gasteiger partial charge in [-0.2, -0.15) is 0 Å². The fourth-order valence-electron chi connectivity index (χ4n) is 2.93. The van der Waals surface area contributed by atoms with Crippen LogP contribution >= 0.6 is 23.1 Å². The van der Waals surface area contributed by atoms with Gasteiger partial charge in [0.15, 0.2) is 11.5 Å². The van der Waals surface area contributed by atoms with Gasteiger partial charge in [-0.15, -0.1) is 23.1 Å². The molecule has 0 atom stereocenters. The first-order valence-corrected chi connectivity index (χ1v) is 10.0. The second-order valence-corrected chi connectivity index (χ2v) is 7.49. The topological polar surface area (TPSA) is 52.3 Å². The van der Waals surface area contributed by atoms with Crippen LogP contribution in [-0.4, -0.2) is 23.8 Å². The summed E-state index contributed by atoms with van der Waals surface area (Å²) >= 11 is 3.22. The largest absolute Gasteiger partial charge is 0.492 e. The molecular formula is C18H17NO3S2. The molecule has 0 unspecified atom stereocenters. The monoisotopic (exact) mass is 359 g/mol. The summed E-state index contributed by atoms with van der Waals surface area (Å²) < 4.78 is 12.2. The van der Waals surface area contributed by atoms with Crippen LogP contribution < -0.4 is 4.74 Å². The molecule has 0 radical (unpaired) electrons. The standard InChI is InChI=1S/C18H17NO3S2/c1-3-21-13-9-24-14-7-6-11(18(23-2)15(13)14)16(20)12-8-19-22-17(12)10-4-5-10/h6-10H,3-5H2,1-2H3. The van der Waals surface area contributed by atoms with Crippen LogP contribution in [0.15, 0.2) is 33.1 Å². The number of nitrogens with zero attached hydrogens (tertiary/aromatic N) is 1. The molecule has 0 N–H and O–H groups in total. The molecule has 3 aromatic rings. The Bertz CT molecular complexity index is 908. The predicted octanol–water partition coefficient (Wildman–Crippen LogP) is 5.12. The number of benzene rings is 1. The Morgan fingerprint density at radius 3 is 2.96 bits per heavy atom. The van der Waals surface area contributed by atoms with Gasteiger partial charge in [0.2, 0.25) is 0 Å². The Morgan fingerprint density at radius 1 is 1.42 bits per heavy atom. The lowest BCUT2D eigenvalue weighted by molar-refractivity contribution is 0.103. The normalized spacial score (nSPS) is 14.2. The lowest BCUT2D eigenvalue weighted by Gasteiger charge is -2.10. The summed E-state index contributed by atoms with van der Waals surface area (Å²) in [4.78, 5) is 14.1. The van der Waals surface area contributed by atoms with E-state index in [9.17, 15) is 4.79 Å². The van der Waals surface area contributed by atoms with E-state index in [0.717, 1.165) is 39.3 Å². The summed E-state index contributed by atoms with van der Waals surface area (Å²) in [7, 11) is 0. The smallest absolute Gasteiger partial charge is 0.199 e. The molecule has 0 amide bonds. The number of thioether (sulfide) groups is 1. The maximum atomic E-state index is 13.1. The minimum Gasteiger partial charge on any atom is -0.492 e. The predicted molar refractivity (Wildman–Crippen MR) is 96.7 cm³/mol. The fraction of sp³-hybridized carbons (Fsp3) is 0.333. The van der Waals surface area contributed by atoms with Crippen molar-refractivity contribution in [2.75, 3.05) is 12.9 Å². The molecule has 1 fully saturated rings. The average molecular weight is 359 g/mol. The summed E-state index contributed by atoms with van der Waals surface area (Å²) in [5.74, 6) is 1.93. The first-order valence-electron chi connectivity index (χ1n) is 7.94. The quantitative estimate of drug-likeness (QED) is 0.452. The van der Waals surface area contributed by atoms with Gasteiger partial charge in [0.25, 0.3) is 0 Å². The van der Waals surface area contributed by atoms with Gasteiger partial charge < -0.3 is 9.26 Å². The maximum absolute atomic E-state index is 13.1. The van der Waals surface area contributed by atoms with Crippen molar-refractivity contribution in [3.05, 3.63) is 40.6 Å². The molecule has 1 aliphatic rings. The first-order chi connectivity index (χ1) is 11.7. The van der Waals surface area contributed by atoms with Crippen LogP contribution in [0.1, 0.15) is 47.4 Å². The molecule has 2 aromatic heterocycles. The molecule has 1 aromatic carbocycles. The van der Waals surface area contributed by atoms with Crippen LogP contribution in [0.25, 0.3) is 10.1 Å². The lowest BCUT2D eigenvalue weighted by atomic mass is 10.0. The first kappa shape index (κ1) is 15.7. The van der Waals surface area contributed by atoms with Crippen molar-refractivity contribution in [2.24, 2.45) is 0 Å². The van der Waals surface area contributed by atoms with Crippen LogP contribution in [0.4, 0.5) is 0 Å². The van der Waals surface area contributed by atoms with Gasteiger partial charge in [0.05, 0.1) is 18.4 Å². The number of aromatic nitrogens is 1. The highest BCUT2D eigenvalue weighted by atomic mass is 32.2. The van der Waals surface area contributed by atoms with E-state index < -0.39 is 0 Å². The molecule has 1 aliphatic carbocycles. The summed E-state index contributed by atoms with van der Waals surface area (Å²) in [6, 6.07) is 3.91. The fourth-order valence-corrected chi connectivity index (χ4v) is 4.68. The van der Waals surface area contributed by atoms with E-state index in [4.69, 9.17) is 9.26 Å². The number of carbonyl (C=O) groups is 1. The molecule has 0 saturated heterocycles. The Morgan fingerprint density at radius 2 is 2.25 bits per heavy atom. The van der Waals surface area contributed by atoms with E-state index in [0.29, 0.717) is 23.7 Å². The lowest BCUT2D eigenvalue weighted by Crippen LogP contribution is -2.05. The molecule has 1 saturated carbocycles. The van der Waals surface area contributed by atoms with E-state index in [2.05, 4.69) is 5.16 Å². The van der Waals surface area contributed by atoms with Crippen LogP contribution in [-0.2, 0) is 0 Å².